The fraction of sp³-hybridized carbons (Fsp3) is 0.788. The van der Waals surface area contributed by atoms with Crippen LogP contribution in [-0.2, 0) is 13.0 Å². The lowest BCUT2D eigenvalue weighted by Gasteiger charge is -2.15. The number of ether oxygens (including phenoxy) is 2. The summed E-state index contributed by atoms with van der Waals surface area (Å²) in [5, 5.41) is 0. The Balaban J connectivity index is 1.64. The van der Waals surface area contributed by atoms with E-state index >= 15 is 0 Å². The van der Waals surface area contributed by atoms with Crippen LogP contribution < -0.4 is 14.0 Å². The lowest BCUT2D eigenvalue weighted by molar-refractivity contribution is -0.708. The fourth-order valence-corrected chi connectivity index (χ4v) is 8.33. The second-order valence-electron chi connectivity index (χ2n) is 17.3. The van der Waals surface area contributed by atoms with Crippen molar-refractivity contribution in [1.82, 2.24) is 0 Å². The van der Waals surface area contributed by atoms with Gasteiger partial charge in [-0.2, -0.15) is 4.57 Å². The molecule has 2 rings (SSSR count). The smallest absolute Gasteiger partial charge is 0.178 e. The van der Waals surface area contributed by atoms with Crippen LogP contribution in [0.25, 0.3) is 0 Å². The van der Waals surface area contributed by atoms with E-state index in [-0.39, 0.29) is 0 Å². The van der Waals surface area contributed by atoms with Gasteiger partial charge in [-0.05, 0) is 43.0 Å². The molecule has 0 aliphatic rings. The van der Waals surface area contributed by atoms with E-state index in [9.17, 15) is 0 Å². The molecule has 0 fully saturated rings. The second-order valence-corrected chi connectivity index (χ2v) is 17.3. The predicted octanol–water partition coefficient (Wildman–Crippen LogP) is 16.4. The van der Waals surface area contributed by atoms with Crippen molar-refractivity contribution in [3.63, 3.8) is 0 Å². The number of benzene rings is 1. The van der Waals surface area contributed by atoms with Gasteiger partial charge < -0.3 is 9.47 Å². The average Bonchev–Trinajstić information content (AvgIpc) is 3.17. The van der Waals surface area contributed by atoms with E-state index in [1.807, 2.05) is 0 Å². The summed E-state index contributed by atoms with van der Waals surface area (Å²) < 4.78 is 15.3. The average molecular weight is 763 g/mol. The number of pyridine rings is 1. The van der Waals surface area contributed by atoms with Gasteiger partial charge in [0.1, 0.15) is 0 Å². The van der Waals surface area contributed by atoms with E-state index in [0.29, 0.717) is 0 Å². The Morgan fingerprint density at radius 2 is 0.709 bits per heavy atom. The van der Waals surface area contributed by atoms with E-state index in [2.05, 4.69) is 69.5 Å². The molecule has 3 heteroatoms. The van der Waals surface area contributed by atoms with Crippen LogP contribution in [0.1, 0.15) is 242 Å². The summed E-state index contributed by atoms with van der Waals surface area (Å²) in [5.41, 5.74) is 5.32. The zero-order valence-electron chi connectivity index (χ0n) is 37.6. The SMILES string of the molecule is CCCCCCCCCCCCCCCCCCOc1ccc(CC[n+]2c(C)cc(C)cc2C)cc1OCCCCCCCCCCCCCCCCCC. The molecule has 2 aromatic rings. The predicted molar refractivity (Wildman–Crippen MR) is 241 cm³/mol. The van der Waals surface area contributed by atoms with Gasteiger partial charge in [0.15, 0.2) is 29.4 Å². The van der Waals surface area contributed by atoms with Crippen LogP contribution in [0.2, 0.25) is 0 Å². The Morgan fingerprint density at radius 3 is 1.07 bits per heavy atom. The first-order valence-corrected chi connectivity index (χ1v) is 24.4. The Morgan fingerprint density at radius 1 is 0.382 bits per heavy atom. The Hall–Kier alpha value is -2.03. The van der Waals surface area contributed by atoms with Crippen LogP contribution in [-0.4, -0.2) is 13.2 Å². The van der Waals surface area contributed by atoms with Gasteiger partial charge >= 0.3 is 0 Å². The monoisotopic (exact) mass is 763 g/mol. The van der Waals surface area contributed by atoms with Crippen molar-refractivity contribution in [3.05, 3.63) is 52.8 Å². The van der Waals surface area contributed by atoms with Crippen LogP contribution in [0, 0.1) is 20.8 Å². The fourth-order valence-electron chi connectivity index (χ4n) is 8.33. The third-order valence-electron chi connectivity index (χ3n) is 11.9. The van der Waals surface area contributed by atoms with Crippen LogP contribution in [0.5, 0.6) is 11.5 Å². The highest BCUT2D eigenvalue weighted by molar-refractivity contribution is 5.43. The van der Waals surface area contributed by atoms with Gasteiger partial charge in [-0.25, -0.2) is 0 Å². The van der Waals surface area contributed by atoms with Gasteiger partial charge in [0.25, 0.3) is 0 Å². The van der Waals surface area contributed by atoms with Crippen LogP contribution in [0.4, 0.5) is 0 Å². The molecule has 1 aromatic carbocycles. The standard InChI is InChI=1S/C52H92NO2/c1-6-8-10-12-14-16-18-20-22-24-26-28-30-32-34-36-42-54-51-39-38-50(40-41-53-48(4)44-47(3)45-49(53)5)46-52(51)55-43-37-35-33-31-29-27-25-23-21-19-17-15-13-11-9-7-2/h38-39,44-46H,6-37,40-43H2,1-5H3/q+1. The number of nitrogens with zero attached hydrogens (tertiary/aromatic N) is 1. The molecule has 316 valence electrons. The van der Waals surface area contributed by atoms with Crippen molar-refractivity contribution < 1.29 is 14.0 Å². The molecule has 0 N–H and O–H groups in total. The molecule has 0 radical (unpaired) electrons. The highest BCUT2D eigenvalue weighted by Gasteiger charge is 2.14. The third-order valence-corrected chi connectivity index (χ3v) is 11.9. The Bertz CT molecular complexity index is 1140. The summed E-state index contributed by atoms with van der Waals surface area (Å²) in [6.07, 6.45) is 45.5. The molecular formula is C52H92NO2+. The molecule has 1 heterocycles. The van der Waals surface area contributed by atoms with Crippen LogP contribution >= 0.6 is 0 Å². The van der Waals surface area contributed by atoms with Gasteiger partial charge in [0, 0.05) is 32.4 Å². The molecule has 3 nitrogen and oxygen atoms in total. The van der Waals surface area contributed by atoms with E-state index in [1.54, 1.807) is 0 Å². The molecular weight excluding hydrogens is 671 g/mol. The molecule has 0 aliphatic carbocycles. The maximum atomic E-state index is 6.46. The first-order chi connectivity index (χ1) is 27.0. The Labute approximate surface area is 343 Å². The number of hydrogen-bond acceptors (Lipinski definition) is 2. The molecule has 0 amide bonds. The van der Waals surface area contributed by atoms with Crippen molar-refractivity contribution in [1.29, 1.82) is 0 Å². The lowest BCUT2D eigenvalue weighted by atomic mass is 10.0. The highest BCUT2D eigenvalue weighted by Crippen LogP contribution is 2.30. The van der Waals surface area contributed by atoms with E-state index in [4.69, 9.17) is 9.47 Å². The molecule has 1 aromatic heterocycles. The molecule has 0 spiro atoms. The summed E-state index contributed by atoms with van der Waals surface area (Å²) in [6.45, 7) is 13.8. The molecule has 0 aliphatic heterocycles. The molecule has 0 saturated heterocycles. The van der Waals surface area contributed by atoms with Gasteiger partial charge in [-0.3, -0.25) is 0 Å². The van der Waals surface area contributed by atoms with Crippen molar-refractivity contribution >= 4 is 0 Å². The van der Waals surface area contributed by atoms with Crippen LogP contribution in [0.3, 0.4) is 0 Å². The van der Waals surface area contributed by atoms with E-state index in [0.717, 1.165) is 50.5 Å². The highest BCUT2D eigenvalue weighted by atomic mass is 16.5. The van der Waals surface area contributed by atoms with E-state index in [1.165, 1.54) is 215 Å². The first kappa shape index (κ1) is 49.1. The van der Waals surface area contributed by atoms with E-state index < -0.39 is 0 Å². The molecule has 0 saturated carbocycles. The molecule has 0 bridgehead atoms. The maximum Gasteiger partial charge on any atom is 0.178 e. The minimum absolute atomic E-state index is 0.780. The van der Waals surface area contributed by atoms with Crippen molar-refractivity contribution in [2.45, 2.75) is 253 Å². The normalized spacial score (nSPS) is 11.4. The van der Waals surface area contributed by atoms with Gasteiger partial charge in [-0.1, -0.05) is 213 Å². The lowest BCUT2D eigenvalue weighted by Crippen LogP contribution is -2.41. The van der Waals surface area contributed by atoms with Crippen molar-refractivity contribution in [2.75, 3.05) is 13.2 Å². The summed E-state index contributed by atoms with van der Waals surface area (Å²) in [6, 6.07) is 11.3. The number of hydrogen-bond donors (Lipinski definition) is 0. The largest absolute Gasteiger partial charge is 0.490 e. The second kappa shape index (κ2) is 35.2. The summed E-state index contributed by atoms with van der Waals surface area (Å²) in [4.78, 5) is 0. The first-order valence-electron chi connectivity index (χ1n) is 24.4. The number of unbranched alkanes of at least 4 members (excludes halogenated alkanes) is 30. The van der Waals surface area contributed by atoms with Crippen molar-refractivity contribution in [2.24, 2.45) is 0 Å². The molecule has 0 atom stereocenters. The number of aromatic nitrogens is 1. The zero-order valence-corrected chi connectivity index (χ0v) is 37.6. The minimum atomic E-state index is 0.780. The maximum absolute atomic E-state index is 6.46. The topological polar surface area (TPSA) is 22.3 Å². The molecule has 55 heavy (non-hydrogen) atoms. The zero-order chi connectivity index (χ0) is 39.4. The summed E-state index contributed by atoms with van der Waals surface area (Å²) in [7, 11) is 0. The number of rotatable bonds is 39. The van der Waals surface area contributed by atoms with Gasteiger partial charge in [-0.15, -0.1) is 0 Å². The third kappa shape index (κ3) is 26.5. The summed E-state index contributed by atoms with van der Waals surface area (Å²) >= 11 is 0. The van der Waals surface area contributed by atoms with Gasteiger partial charge in [0.2, 0.25) is 0 Å². The molecule has 0 unspecified atom stereocenters. The Kier molecular flexibility index (Phi) is 31.4. The quantitative estimate of drug-likeness (QED) is 0.0500. The van der Waals surface area contributed by atoms with Gasteiger partial charge in [0.05, 0.1) is 13.2 Å². The van der Waals surface area contributed by atoms with Crippen LogP contribution in [0.15, 0.2) is 30.3 Å². The van der Waals surface area contributed by atoms with Crippen molar-refractivity contribution in [3.8, 4) is 11.5 Å². The summed E-state index contributed by atoms with van der Waals surface area (Å²) in [5.74, 6) is 1.87. The number of aryl methyl sites for hydroxylation is 4. The minimum Gasteiger partial charge on any atom is -0.490 e.